The van der Waals surface area contributed by atoms with Gasteiger partial charge in [-0.15, -0.1) is 0 Å². The van der Waals surface area contributed by atoms with Crippen molar-refractivity contribution in [1.82, 2.24) is 20.1 Å². The third-order valence-corrected chi connectivity index (χ3v) is 3.10. The zero-order valence-electron chi connectivity index (χ0n) is 11.9. The fourth-order valence-corrected chi connectivity index (χ4v) is 2.13. The number of pyridine rings is 1. The Morgan fingerprint density at radius 3 is 2.52 bits per heavy atom. The van der Waals surface area contributed by atoms with E-state index >= 15 is 0 Å². The van der Waals surface area contributed by atoms with Gasteiger partial charge in [0.25, 0.3) is 0 Å². The molecule has 0 radical (unpaired) electrons. The highest BCUT2D eigenvalue weighted by molar-refractivity contribution is 5.31. The molecular formula is C14H17F3N4. The van der Waals surface area contributed by atoms with Crippen LogP contribution in [0.15, 0.2) is 24.5 Å². The van der Waals surface area contributed by atoms with Crippen LogP contribution in [-0.2, 0) is 19.1 Å². The lowest BCUT2D eigenvalue weighted by Crippen LogP contribution is -2.11. The van der Waals surface area contributed by atoms with Crippen LogP contribution in [0.5, 0.6) is 0 Å². The van der Waals surface area contributed by atoms with Crippen LogP contribution in [0.4, 0.5) is 13.2 Å². The van der Waals surface area contributed by atoms with Gasteiger partial charge in [0.15, 0.2) is 5.82 Å². The van der Waals surface area contributed by atoms with E-state index in [-0.39, 0.29) is 0 Å². The molecule has 2 heterocycles. The molecule has 4 nitrogen and oxygen atoms in total. The Hall–Kier alpha value is -1.89. The van der Waals surface area contributed by atoms with Gasteiger partial charge < -0.3 is 5.32 Å². The highest BCUT2D eigenvalue weighted by atomic mass is 19.4. The molecule has 21 heavy (non-hydrogen) atoms. The van der Waals surface area contributed by atoms with Crippen LogP contribution in [0.2, 0.25) is 0 Å². The number of nitrogens with one attached hydrogen (secondary N) is 1. The van der Waals surface area contributed by atoms with Crippen molar-refractivity contribution in [3.05, 3.63) is 41.3 Å². The van der Waals surface area contributed by atoms with E-state index in [0.29, 0.717) is 12.4 Å². The standard InChI is InChI=1S/C14H17F3N4/c1-3-4-12-10(7-18-2)8-20-21(12)13-6-5-11(9-19-13)14(15,16)17/h5-6,8-9,18H,3-4,7H2,1-2H3. The first-order valence-electron chi connectivity index (χ1n) is 6.71. The predicted molar refractivity (Wildman–Crippen MR) is 73.1 cm³/mol. The molecule has 0 aliphatic carbocycles. The number of hydrogen-bond donors (Lipinski definition) is 1. The van der Waals surface area contributed by atoms with Gasteiger partial charge in [0.05, 0.1) is 17.5 Å². The van der Waals surface area contributed by atoms with Crippen molar-refractivity contribution >= 4 is 0 Å². The first-order chi connectivity index (χ1) is 9.97. The maximum atomic E-state index is 12.6. The number of aromatic nitrogens is 3. The van der Waals surface area contributed by atoms with Gasteiger partial charge in [-0.2, -0.15) is 18.3 Å². The maximum Gasteiger partial charge on any atom is 0.417 e. The molecule has 0 atom stereocenters. The molecular weight excluding hydrogens is 281 g/mol. The Labute approximate surface area is 121 Å². The van der Waals surface area contributed by atoms with Crippen molar-refractivity contribution in [2.24, 2.45) is 0 Å². The minimum absolute atomic E-state index is 0.397. The van der Waals surface area contributed by atoms with Crippen LogP contribution in [-0.4, -0.2) is 21.8 Å². The van der Waals surface area contributed by atoms with Crippen LogP contribution < -0.4 is 5.32 Å². The van der Waals surface area contributed by atoms with Gasteiger partial charge in [0.1, 0.15) is 0 Å². The molecule has 0 saturated heterocycles. The lowest BCUT2D eigenvalue weighted by molar-refractivity contribution is -0.137. The van der Waals surface area contributed by atoms with Crippen LogP contribution in [0.1, 0.15) is 30.2 Å². The number of nitrogens with zero attached hydrogens (tertiary/aromatic N) is 3. The summed E-state index contributed by atoms with van der Waals surface area (Å²) >= 11 is 0. The summed E-state index contributed by atoms with van der Waals surface area (Å²) in [6.45, 7) is 2.71. The molecule has 0 bridgehead atoms. The average Bonchev–Trinajstić information content (AvgIpc) is 2.82. The summed E-state index contributed by atoms with van der Waals surface area (Å²) in [6, 6.07) is 2.37. The molecule has 0 aromatic carbocycles. The Morgan fingerprint density at radius 2 is 2.00 bits per heavy atom. The summed E-state index contributed by atoms with van der Waals surface area (Å²) in [6.07, 6.45) is -0.104. The lowest BCUT2D eigenvalue weighted by atomic mass is 10.1. The smallest absolute Gasteiger partial charge is 0.316 e. The summed E-state index contributed by atoms with van der Waals surface area (Å²) in [5.74, 6) is 0.397. The van der Waals surface area contributed by atoms with Crippen molar-refractivity contribution in [3.8, 4) is 5.82 Å². The van der Waals surface area contributed by atoms with E-state index in [1.54, 1.807) is 10.9 Å². The molecule has 0 aliphatic heterocycles. The predicted octanol–water partition coefficient (Wildman–Crippen LogP) is 2.96. The second kappa shape index (κ2) is 6.26. The third-order valence-electron chi connectivity index (χ3n) is 3.10. The normalized spacial score (nSPS) is 11.9. The summed E-state index contributed by atoms with van der Waals surface area (Å²) in [4.78, 5) is 3.89. The van der Waals surface area contributed by atoms with Gasteiger partial charge >= 0.3 is 6.18 Å². The Balaban J connectivity index is 2.37. The molecule has 1 N–H and O–H groups in total. The minimum atomic E-state index is -4.38. The van der Waals surface area contributed by atoms with Gasteiger partial charge in [-0.3, -0.25) is 0 Å². The van der Waals surface area contributed by atoms with Crippen molar-refractivity contribution in [2.75, 3.05) is 7.05 Å². The van der Waals surface area contributed by atoms with E-state index in [9.17, 15) is 13.2 Å². The highest BCUT2D eigenvalue weighted by Crippen LogP contribution is 2.28. The SMILES string of the molecule is CCCc1c(CNC)cnn1-c1ccc(C(F)(F)F)cn1. The van der Waals surface area contributed by atoms with E-state index in [4.69, 9.17) is 0 Å². The number of alkyl halides is 3. The summed E-state index contributed by atoms with van der Waals surface area (Å²) in [5, 5.41) is 7.30. The van der Waals surface area contributed by atoms with Gasteiger partial charge in [0, 0.05) is 18.3 Å². The van der Waals surface area contributed by atoms with E-state index in [0.717, 1.165) is 36.4 Å². The molecule has 0 spiro atoms. The first-order valence-corrected chi connectivity index (χ1v) is 6.71. The van der Waals surface area contributed by atoms with E-state index in [1.807, 2.05) is 14.0 Å². The van der Waals surface area contributed by atoms with Crippen molar-refractivity contribution in [1.29, 1.82) is 0 Å². The maximum absolute atomic E-state index is 12.6. The summed E-state index contributed by atoms with van der Waals surface area (Å²) in [5.41, 5.74) is 1.24. The molecule has 0 fully saturated rings. The monoisotopic (exact) mass is 298 g/mol. The van der Waals surface area contributed by atoms with Gasteiger partial charge in [-0.05, 0) is 25.6 Å². The molecule has 2 aromatic rings. The molecule has 0 unspecified atom stereocenters. The molecule has 2 rings (SSSR count). The van der Waals surface area contributed by atoms with Crippen LogP contribution >= 0.6 is 0 Å². The summed E-state index contributed by atoms with van der Waals surface area (Å²) < 4.78 is 39.3. The molecule has 7 heteroatoms. The summed E-state index contributed by atoms with van der Waals surface area (Å²) in [7, 11) is 1.84. The van der Waals surface area contributed by atoms with Crippen molar-refractivity contribution in [3.63, 3.8) is 0 Å². The van der Waals surface area contributed by atoms with Crippen LogP contribution in [0, 0.1) is 0 Å². The van der Waals surface area contributed by atoms with E-state index in [1.165, 1.54) is 6.07 Å². The minimum Gasteiger partial charge on any atom is -0.316 e. The van der Waals surface area contributed by atoms with Gasteiger partial charge in [-0.1, -0.05) is 13.3 Å². The Kier molecular flexibility index (Phi) is 4.62. The number of rotatable bonds is 5. The molecule has 114 valence electrons. The third kappa shape index (κ3) is 3.41. The van der Waals surface area contributed by atoms with E-state index < -0.39 is 11.7 Å². The Morgan fingerprint density at radius 1 is 1.24 bits per heavy atom. The van der Waals surface area contributed by atoms with Crippen LogP contribution in [0.3, 0.4) is 0 Å². The number of hydrogen-bond acceptors (Lipinski definition) is 3. The lowest BCUT2D eigenvalue weighted by Gasteiger charge is -2.10. The highest BCUT2D eigenvalue weighted by Gasteiger charge is 2.30. The fraction of sp³-hybridized carbons (Fsp3) is 0.429. The Bertz CT molecular complexity index is 587. The van der Waals surface area contributed by atoms with Gasteiger partial charge in [-0.25, -0.2) is 9.67 Å². The molecule has 0 amide bonds. The first kappa shape index (κ1) is 15.5. The van der Waals surface area contributed by atoms with Crippen LogP contribution in [0.25, 0.3) is 5.82 Å². The zero-order valence-corrected chi connectivity index (χ0v) is 11.9. The number of halogens is 3. The average molecular weight is 298 g/mol. The largest absolute Gasteiger partial charge is 0.417 e. The fourth-order valence-electron chi connectivity index (χ4n) is 2.13. The second-order valence-corrected chi connectivity index (χ2v) is 4.71. The second-order valence-electron chi connectivity index (χ2n) is 4.71. The topological polar surface area (TPSA) is 42.7 Å². The molecule has 0 saturated carbocycles. The molecule has 2 aromatic heterocycles. The van der Waals surface area contributed by atoms with Crippen molar-refractivity contribution < 1.29 is 13.2 Å². The molecule has 0 aliphatic rings. The van der Waals surface area contributed by atoms with E-state index in [2.05, 4.69) is 15.4 Å². The van der Waals surface area contributed by atoms with Crippen molar-refractivity contribution in [2.45, 2.75) is 32.5 Å². The zero-order chi connectivity index (χ0) is 15.5. The quantitative estimate of drug-likeness (QED) is 0.923. The van der Waals surface area contributed by atoms with Gasteiger partial charge in [0.2, 0.25) is 0 Å².